The smallest absolute Gasteiger partial charge is 0.301 e. The third kappa shape index (κ3) is 5.77. The van der Waals surface area contributed by atoms with Crippen LogP contribution in [-0.2, 0) is 26.8 Å². The number of carbonyl (C=O) groups excluding carboxylic acids is 1. The Kier molecular flexibility index (Phi) is 7.40. The van der Waals surface area contributed by atoms with Crippen LogP contribution in [0.25, 0.3) is 22.8 Å². The van der Waals surface area contributed by atoms with E-state index in [9.17, 15) is 13.2 Å². The SMILES string of the molecule is Cc1nn(C)c(-n2ccc3cc(Cl)ccc32)c1C=CC(=O)NS(=O)(=O)NCCOC(C)C. The predicted octanol–water partition coefficient (Wildman–Crippen LogP) is 2.71. The summed E-state index contributed by atoms with van der Waals surface area (Å²) in [5.74, 6) is -0.0451. The maximum atomic E-state index is 12.2. The highest BCUT2D eigenvalue weighted by Gasteiger charge is 2.16. The second-order valence-electron chi connectivity index (χ2n) is 7.45. The number of hydrogen-bond acceptors (Lipinski definition) is 5. The predicted molar refractivity (Wildman–Crippen MR) is 125 cm³/mol. The number of aryl methyl sites for hydroxylation is 2. The maximum Gasteiger partial charge on any atom is 0.301 e. The molecule has 0 fully saturated rings. The van der Waals surface area contributed by atoms with Crippen molar-refractivity contribution >= 4 is 44.7 Å². The van der Waals surface area contributed by atoms with Crippen molar-refractivity contribution in [3.05, 3.63) is 52.8 Å². The number of fused-ring (bicyclic) bond motifs is 1. The van der Waals surface area contributed by atoms with Gasteiger partial charge in [0, 0.05) is 41.8 Å². The first-order chi connectivity index (χ1) is 15.1. The van der Waals surface area contributed by atoms with Gasteiger partial charge in [-0.25, -0.2) is 4.72 Å². The number of hydrogen-bond donors (Lipinski definition) is 2. The molecule has 0 radical (unpaired) electrons. The molecule has 0 saturated carbocycles. The highest BCUT2D eigenvalue weighted by Crippen LogP contribution is 2.27. The second kappa shape index (κ2) is 9.86. The average Bonchev–Trinajstić information content (AvgIpc) is 3.22. The van der Waals surface area contributed by atoms with E-state index in [1.165, 1.54) is 6.08 Å². The molecule has 0 aliphatic heterocycles. The number of rotatable bonds is 9. The van der Waals surface area contributed by atoms with Gasteiger partial charge in [0.05, 0.1) is 23.9 Å². The van der Waals surface area contributed by atoms with Crippen molar-refractivity contribution in [3.63, 3.8) is 0 Å². The molecule has 1 amide bonds. The molecule has 0 saturated heterocycles. The Morgan fingerprint density at radius 1 is 1.31 bits per heavy atom. The summed E-state index contributed by atoms with van der Waals surface area (Å²) in [5.41, 5.74) is 2.30. The standard InChI is InChI=1S/C21H26ClN5O4S/c1-14(2)31-12-10-23-32(29,30)25-20(28)8-6-18-15(3)24-26(4)21(18)27-11-9-16-13-17(22)5-7-19(16)27/h5-9,11,13-14,23H,10,12H2,1-4H3,(H,25,28). The lowest BCUT2D eigenvalue weighted by Gasteiger charge is -2.09. The number of nitrogens with zero attached hydrogens (tertiary/aromatic N) is 3. The van der Waals surface area contributed by atoms with E-state index in [0.717, 1.165) is 16.7 Å². The summed E-state index contributed by atoms with van der Waals surface area (Å²) in [6, 6.07) is 7.51. The first-order valence-electron chi connectivity index (χ1n) is 9.99. The molecule has 3 aromatic rings. The molecule has 32 heavy (non-hydrogen) atoms. The van der Waals surface area contributed by atoms with E-state index in [4.69, 9.17) is 16.3 Å². The number of aromatic nitrogens is 3. The van der Waals surface area contributed by atoms with E-state index in [1.54, 1.807) is 23.9 Å². The van der Waals surface area contributed by atoms with Crippen LogP contribution >= 0.6 is 11.6 Å². The fourth-order valence-electron chi connectivity index (χ4n) is 3.27. The van der Waals surface area contributed by atoms with Gasteiger partial charge < -0.3 is 9.30 Å². The van der Waals surface area contributed by atoms with Crippen LogP contribution in [0.3, 0.4) is 0 Å². The lowest BCUT2D eigenvalue weighted by Crippen LogP contribution is -2.41. The third-order valence-corrected chi connectivity index (χ3v) is 5.89. The zero-order valence-electron chi connectivity index (χ0n) is 18.3. The molecular weight excluding hydrogens is 454 g/mol. The topological polar surface area (TPSA) is 107 Å². The normalized spacial score (nSPS) is 12.3. The summed E-state index contributed by atoms with van der Waals surface area (Å²) in [6.45, 7) is 5.78. The molecule has 0 bridgehead atoms. The van der Waals surface area contributed by atoms with Crippen molar-refractivity contribution in [2.75, 3.05) is 13.2 Å². The lowest BCUT2D eigenvalue weighted by molar-refractivity contribution is -0.114. The number of halogens is 1. The van der Waals surface area contributed by atoms with Gasteiger partial charge >= 0.3 is 10.2 Å². The van der Waals surface area contributed by atoms with E-state index >= 15 is 0 Å². The maximum absolute atomic E-state index is 12.2. The lowest BCUT2D eigenvalue weighted by atomic mass is 10.2. The summed E-state index contributed by atoms with van der Waals surface area (Å²) < 4.78 is 37.2. The van der Waals surface area contributed by atoms with Crippen molar-refractivity contribution in [1.29, 1.82) is 0 Å². The zero-order valence-corrected chi connectivity index (χ0v) is 19.9. The Hall–Kier alpha value is -2.66. The molecule has 0 unspecified atom stereocenters. The van der Waals surface area contributed by atoms with Crippen molar-refractivity contribution in [2.45, 2.75) is 26.9 Å². The second-order valence-corrected chi connectivity index (χ2v) is 9.39. The van der Waals surface area contributed by atoms with E-state index in [-0.39, 0.29) is 19.3 Å². The van der Waals surface area contributed by atoms with Gasteiger partial charge in [0.2, 0.25) is 0 Å². The average molecular weight is 480 g/mol. The fraction of sp³-hybridized carbons (Fsp3) is 0.333. The van der Waals surface area contributed by atoms with Crippen molar-refractivity contribution in [1.82, 2.24) is 23.8 Å². The van der Waals surface area contributed by atoms with E-state index in [0.29, 0.717) is 16.3 Å². The van der Waals surface area contributed by atoms with Crippen LogP contribution in [-0.4, -0.2) is 47.9 Å². The highest BCUT2D eigenvalue weighted by molar-refractivity contribution is 7.88. The van der Waals surface area contributed by atoms with Crippen molar-refractivity contribution in [2.24, 2.45) is 7.05 Å². The van der Waals surface area contributed by atoms with Crippen LogP contribution in [0.4, 0.5) is 0 Å². The minimum Gasteiger partial charge on any atom is -0.377 e. The van der Waals surface area contributed by atoms with Crippen molar-refractivity contribution < 1.29 is 17.9 Å². The summed E-state index contributed by atoms with van der Waals surface area (Å²) in [5, 5.41) is 6.05. The van der Waals surface area contributed by atoms with Crippen LogP contribution in [0.1, 0.15) is 25.1 Å². The minimum atomic E-state index is -3.99. The first-order valence-corrected chi connectivity index (χ1v) is 11.8. The fourth-order valence-corrected chi connectivity index (χ4v) is 4.21. The van der Waals surface area contributed by atoms with Gasteiger partial charge in [-0.2, -0.15) is 18.2 Å². The Balaban J connectivity index is 1.78. The van der Waals surface area contributed by atoms with Gasteiger partial charge in [-0.1, -0.05) is 11.6 Å². The number of ether oxygens (including phenoxy) is 1. The van der Waals surface area contributed by atoms with E-state index in [1.807, 2.05) is 54.5 Å². The minimum absolute atomic E-state index is 0.0108. The van der Waals surface area contributed by atoms with E-state index < -0.39 is 16.1 Å². The van der Waals surface area contributed by atoms with E-state index in [2.05, 4.69) is 9.82 Å². The number of carbonyl (C=O) groups is 1. The molecule has 1 aromatic carbocycles. The summed E-state index contributed by atoms with van der Waals surface area (Å²) in [6.07, 6.45) is 4.59. The van der Waals surface area contributed by atoms with Crippen LogP contribution in [0.15, 0.2) is 36.5 Å². The molecule has 2 N–H and O–H groups in total. The van der Waals surface area contributed by atoms with Gasteiger partial charge in [0.25, 0.3) is 5.91 Å². The number of amides is 1. The van der Waals surface area contributed by atoms with Gasteiger partial charge in [-0.05, 0) is 51.1 Å². The summed E-state index contributed by atoms with van der Waals surface area (Å²) in [4.78, 5) is 12.2. The summed E-state index contributed by atoms with van der Waals surface area (Å²) in [7, 11) is -2.19. The molecule has 0 atom stereocenters. The van der Waals surface area contributed by atoms with Gasteiger partial charge in [0.15, 0.2) is 0 Å². The van der Waals surface area contributed by atoms with Gasteiger partial charge in [0.1, 0.15) is 5.82 Å². The Morgan fingerprint density at radius 3 is 2.78 bits per heavy atom. The Labute approximate surface area is 192 Å². The Morgan fingerprint density at radius 2 is 2.06 bits per heavy atom. The molecule has 0 aliphatic carbocycles. The summed E-state index contributed by atoms with van der Waals surface area (Å²) >= 11 is 6.09. The molecule has 0 aliphatic rings. The van der Waals surface area contributed by atoms with Crippen LogP contribution in [0.5, 0.6) is 0 Å². The molecule has 0 spiro atoms. The Bertz CT molecular complexity index is 1260. The zero-order chi connectivity index (χ0) is 23.5. The van der Waals surface area contributed by atoms with Crippen LogP contribution in [0.2, 0.25) is 5.02 Å². The molecule has 3 rings (SSSR count). The monoisotopic (exact) mass is 479 g/mol. The van der Waals surface area contributed by atoms with Crippen LogP contribution < -0.4 is 9.44 Å². The van der Waals surface area contributed by atoms with Crippen molar-refractivity contribution in [3.8, 4) is 5.82 Å². The molecule has 2 aromatic heterocycles. The van der Waals surface area contributed by atoms with Crippen LogP contribution in [0, 0.1) is 6.92 Å². The van der Waals surface area contributed by atoms with Gasteiger partial charge in [-0.15, -0.1) is 0 Å². The number of benzene rings is 1. The largest absolute Gasteiger partial charge is 0.377 e. The molecule has 9 nitrogen and oxygen atoms in total. The molecule has 2 heterocycles. The van der Waals surface area contributed by atoms with Gasteiger partial charge in [-0.3, -0.25) is 9.48 Å². The highest BCUT2D eigenvalue weighted by atomic mass is 35.5. The first kappa shape index (κ1) is 24.0. The molecule has 11 heteroatoms. The molecule has 172 valence electrons. The molecular formula is C21H26ClN5O4S. The number of nitrogens with one attached hydrogen (secondary N) is 2. The quantitative estimate of drug-likeness (QED) is 0.362. The third-order valence-electron chi connectivity index (χ3n) is 4.60.